The third-order valence-electron chi connectivity index (χ3n) is 6.43. The molecular formula is C28H30FN3O4. The van der Waals surface area contributed by atoms with E-state index in [1.54, 1.807) is 18.2 Å². The standard InChI is InChI=1S/C28H30FN3O4/c1-19-8-5-6-11-23(19)32(25(33)18-30-27(34)24-12-7-17-36-24)26(20-13-15-21(29)16-14-20)28(35)31-22-9-3-2-4-10-22/h5-8,11-17,22,26H,2-4,9-10,18H2,1H3,(H,30,34)(H,31,35). The number of amides is 3. The predicted molar refractivity (Wildman–Crippen MR) is 134 cm³/mol. The molecule has 7 nitrogen and oxygen atoms in total. The Balaban J connectivity index is 1.68. The summed E-state index contributed by atoms with van der Waals surface area (Å²) in [6.07, 6.45) is 6.32. The number of nitrogens with one attached hydrogen (secondary N) is 2. The molecule has 2 N–H and O–H groups in total. The van der Waals surface area contributed by atoms with Crippen molar-refractivity contribution < 1.29 is 23.2 Å². The molecule has 1 saturated carbocycles. The lowest BCUT2D eigenvalue weighted by Gasteiger charge is -2.34. The van der Waals surface area contributed by atoms with E-state index < -0.39 is 23.7 Å². The van der Waals surface area contributed by atoms with Crippen molar-refractivity contribution in [1.82, 2.24) is 10.6 Å². The van der Waals surface area contributed by atoms with Crippen molar-refractivity contribution in [3.63, 3.8) is 0 Å². The van der Waals surface area contributed by atoms with Gasteiger partial charge in [0.15, 0.2) is 5.76 Å². The summed E-state index contributed by atoms with van der Waals surface area (Å²) in [5.74, 6) is -1.73. The summed E-state index contributed by atoms with van der Waals surface area (Å²) in [5, 5.41) is 5.69. The molecule has 0 spiro atoms. The average molecular weight is 492 g/mol. The van der Waals surface area contributed by atoms with Crippen LogP contribution in [0.2, 0.25) is 0 Å². The van der Waals surface area contributed by atoms with Crippen LogP contribution >= 0.6 is 0 Å². The molecule has 8 heteroatoms. The van der Waals surface area contributed by atoms with Crippen molar-refractivity contribution in [1.29, 1.82) is 0 Å². The van der Waals surface area contributed by atoms with E-state index in [2.05, 4.69) is 10.6 Å². The Bertz CT molecular complexity index is 1190. The van der Waals surface area contributed by atoms with E-state index in [-0.39, 0.29) is 24.3 Å². The molecule has 1 heterocycles. The van der Waals surface area contributed by atoms with Gasteiger partial charge >= 0.3 is 0 Å². The van der Waals surface area contributed by atoms with Gasteiger partial charge in [-0.3, -0.25) is 19.3 Å². The number of aryl methyl sites for hydroxylation is 1. The molecule has 36 heavy (non-hydrogen) atoms. The first-order chi connectivity index (χ1) is 17.4. The maximum absolute atomic E-state index is 13.8. The lowest BCUT2D eigenvalue weighted by molar-refractivity contribution is -0.127. The lowest BCUT2D eigenvalue weighted by Crippen LogP contribution is -2.50. The quantitative estimate of drug-likeness (QED) is 0.479. The van der Waals surface area contributed by atoms with Crippen LogP contribution in [-0.4, -0.2) is 30.3 Å². The highest BCUT2D eigenvalue weighted by Crippen LogP contribution is 2.31. The van der Waals surface area contributed by atoms with E-state index in [1.165, 1.54) is 41.5 Å². The summed E-state index contributed by atoms with van der Waals surface area (Å²) in [4.78, 5) is 41.2. The number of nitrogens with zero attached hydrogens (tertiary/aromatic N) is 1. The van der Waals surface area contributed by atoms with Crippen molar-refractivity contribution in [3.8, 4) is 0 Å². The summed E-state index contributed by atoms with van der Waals surface area (Å²) in [7, 11) is 0. The smallest absolute Gasteiger partial charge is 0.287 e. The number of rotatable bonds is 8. The van der Waals surface area contributed by atoms with E-state index in [4.69, 9.17) is 4.42 Å². The van der Waals surface area contributed by atoms with Crippen LogP contribution in [0, 0.1) is 12.7 Å². The summed E-state index contributed by atoms with van der Waals surface area (Å²) in [6.45, 7) is 1.49. The fourth-order valence-corrected chi connectivity index (χ4v) is 4.58. The number of hydrogen-bond donors (Lipinski definition) is 2. The van der Waals surface area contributed by atoms with Crippen LogP contribution in [0.5, 0.6) is 0 Å². The molecule has 1 fully saturated rings. The highest BCUT2D eigenvalue weighted by atomic mass is 19.1. The van der Waals surface area contributed by atoms with Crippen molar-refractivity contribution >= 4 is 23.4 Å². The SMILES string of the molecule is Cc1ccccc1N(C(=O)CNC(=O)c1ccco1)C(C(=O)NC1CCCCC1)c1ccc(F)cc1. The average Bonchev–Trinajstić information content (AvgIpc) is 3.43. The first-order valence-electron chi connectivity index (χ1n) is 12.2. The number of anilines is 1. The van der Waals surface area contributed by atoms with E-state index in [0.29, 0.717) is 11.3 Å². The second-order valence-electron chi connectivity index (χ2n) is 9.01. The predicted octanol–water partition coefficient (Wildman–Crippen LogP) is 4.68. The maximum atomic E-state index is 13.8. The monoisotopic (exact) mass is 491 g/mol. The third kappa shape index (κ3) is 6.00. The van der Waals surface area contributed by atoms with Gasteiger partial charge in [-0.1, -0.05) is 49.6 Å². The molecule has 0 aliphatic heterocycles. The molecule has 3 aromatic rings. The number of halogens is 1. The zero-order valence-electron chi connectivity index (χ0n) is 20.2. The van der Waals surface area contributed by atoms with Crippen molar-refractivity contribution in [2.45, 2.75) is 51.1 Å². The van der Waals surface area contributed by atoms with E-state index in [0.717, 1.165) is 37.7 Å². The minimum atomic E-state index is -1.05. The van der Waals surface area contributed by atoms with Crippen LogP contribution in [0.15, 0.2) is 71.3 Å². The second kappa shape index (κ2) is 11.7. The highest BCUT2D eigenvalue weighted by Gasteiger charge is 2.35. The van der Waals surface area contributed by atoms with E-state index >= 15 is 0 Å². The first-order valence-corrected chi connectivity index (χ1v) is 12.2. The molecule has 4 rings (SSSR count). The minimum Gasteiger partial charge on any atom is -0.459 e. The van der Waals surface area contributed by atoms with Gasteiger partial charge in [-0.05, 0) is 61.2 Å². The summed E-state index contributed by atoms with van der Waals surface area (Å²) < 4.78 is 18.9. The fraction of sp³-hybridized carbons (Fsp3) is 0.321. The molecule has 0 saturated heterocycles. The van der Waals surface area contributed by atoms with Crippen LogP contribution < -0.4 is 15.5 Å². The molecule has 1 aliphatic rings. The largest absolute Gasteiger partial charge is 0.459 e. The van der Waals surface area contributed by atoms with Gasteiger partial charge in [0, 0.05) is 11.7 Å². The van der Waals surface area contributed by atoms with Crippen LogP contribution in [0.1, 0.15) is 59.8 Å². The fourth-order valence-electron chi connectivity index (χ4n) is 4.58. The van der Waals surface area contributed by atoms with Gasteiger partial charge in [0.25, 0.3) is 5.91 Å². The van der Waals surface area contributed by atoms with E-state index in [1.807, 2.05) is 19.1 Å². The first kappa shape index (κ1) is 25.2. The topological polar surface area (TPSA) is 91.7 Å². The van der Waals surface area contributed by atoms with Gasteiger partial charge in [-0.2, -0.15) is 0 Å². The summed E-state index contributed by atoms with van der Waals surface area (Å²) >= 11 is 0. The Morgan fingerprint density at radius 3 is 2.39 bits per heavy atom. The molecule has 1 aliphatic carbocycles. The maximum Gasteiger partial charge on any atom is 0.287 e. The Morgan fingerprint density at radius 2 is 1.72 bits per heavy atom. The molecule has 1 unspecified atom stereocenters. The number of para-hydroxylation sites is 1. The number of furan rings is 1. The number of hydrogen-bond acceptors (Lipinski definition) is 4. The molecule has 188 valence electrons. The molecular weight excluding hydrogens is 461 g/mol. The van der Waals surface area contributed by atoms with Gasteiger partial charge in [0.1, 0.15) is 11.9 Å². The van der Waals surface area contributed by atoms with Crippen molar-refractivity contribution in [2.75, 3.05) is 11.4 Å². The van der Waals surface area contributed by atoms with Crippen LogP contribution in [-0.2, 0) is 9.59 Å². The Hall–Kier alpha value is -3.94. The summed E-state index contributed by atoms with van der Waals surface area (Å²) in [6, 6.07) is 14.8. The highest BCUT2D eigenvalue weighted by molar-refractivity contribution is 6.04. The van der Waals surface area contributed by atoms with E-state index in [9.17, 15) is 18.8 Å². The van der Waals surface area contributed by atoms with Crippen molar-refractivity contribution in [3.05, 3.63) is 89.6 Å². The third-order valence-corrected chi connectivity index (χ3v) is 6.43. The zero-order valence-corrected chi connectivity index (χ0v) is 20.2. The summed E-state index contributed by atoms with van der Waals surface area (Å²) in [5.41, 5.74) is 1.78. The molecule has 2 aromatic carbocycles. The van der Waals surface area contributed by atoms with Gasteiger partial charge in [0.05, 0.1) is 12.8 Å². The van der Waals surface area contributed by atoms with Crippen molar-refractivity contribution in [2.24, 2.45) is 0 Å². The molecule has 1 aromatic heterocycles. The molecule has 0 radical (unpaired) electrons. The zero-order chi connectivity index (χ0) is 25.5. The second-order valence-corrected chi connectivity index (χ2v) is 9.01. The number of benzene rings is 2. The Kier molecular flexibility index (Phi) is 8.15. The molecule has 0 bridgehead atoms. The number of carbonyl (C=O) groups excluding carboxylic acids is 3. The van der Waals surface area contributed by atoms with Gasteiger partial charge in [-0.15, -0.1) is 0 Å². The van der Waals surface area contributed by atoms with Gasteiger partial charge in [0.2, 0.25) is 11.8 Å². The molecule has 1 atom stereocenters. The molecule has 3 amide bonds. The lowest BCUT2D eigenvalue weighted by atomic mass is 9.94. The Morgan fingerprint density at radius 1 is 1.00 bits per heavy atom. The van der Waals surface area contributed by atoms with Gasteiger partial charge < -0.3 is 15.1 Å². The number of carbonyl (C=O) groups is 3. The Labute approximate surface area is 209 Å². The van der Waals surface area contributed by atoms with Gasteiger partial charge in [-0.25, -0.2) is 4.39 Å². The normalized spacial score (nSPS) is 14.6. The van der Waals surface area contributed by atoms with Crippen LogP contribution in [0.4, 0.5) is 10.1 Å². The minimum absolute atomic E-state index is 0.0154. The van der Waals surface area contributed by atoms with Crippen LogP contribution in [0.3, 0.4) is 0 Å². The van der Waals surface area contributed by atoms with Crippen LogP contribution in [0.25, 0.3) is 0 Å².